The van der Waals surface area contributed by atoms with Crippen molar-refractivity contribution in [2.24, 2.45) is 0 Å². The number of aryl methyl sites for hydroxylation is 1. The van der Waals surface area contributed by atoms with E-state index in [0.717, 1.165) is 37.0 Å². The number of allylic oxidation sites excluding steroid dienone is 1. The molecule has 0 saturated carbocycles. The van der Waals surface area contributed by atoms with Crippen LogP contribution < -0.4 is 10.1 Å². The van der Waals surface area contributed by atoms with Crippen molar-refractivity contribution in [1.29, 1.82) is 0 Å². The summed E-state index contributed by atoms with van der Waals surface area (Å²) in [6, 6.07) is 9.48. The molecule has 6 rings (SSSR count). The number of nitrogens with one attached hydrogen (secondary N) is 1. The summed E-state index contributed by atoms with van der Waals surface area (Å²) < 4.78 is 12.8. The summed E-state index contributed by atoms with van der Waals surface area (Å²) in [4.78, 5) is 16.9. The number of piperazine rings is 1. The fourth-order valence-electron chi connectivity index (χ4n) is 4.22. The molecule has 2 aliphatic rings. The van der Waals surface area contributed by atoms with Gasteiger partial charge in [-0.1, -0.05) is 23.4 Å². The Kier molecular flexibility index (Phi) is 5.45. The summed E-state index contributed by atoms with van der Waals surface area (Å²) in [6.45, 7) is 5.03. The van der Waals surface area contributed by atoms with Crippen molar-refractivity contribution in [2.75, 3.05) is 33.2 Å². The molecular weight excluding hydrogens is 460 g/mol. The third-order valence-corrected chi connectivity index (χ3v) is 6.26. The Morgan fingerprint density at radius 3 is 2.64 bits per heavy atom. The van der Waals surface area contributed by atoms with E-state index in [4.69, 9.17) is 9.26 Å². The van der Waals surface area contributed by atoms with Gasteiger partial charge in [0.25, 0.3) is 5.91 Å². The number of carbonyl (C=O) groups is 1. The zero-order valence-electron chi connectivity index (χ0n) is 19.9. The number of nitrogens with zero attached hydrogens (tertiary/aromatic N) is 7. The highest BCUT2D eigenvalue weighted by Crippen LogP contribution is 2.29. The van der Waals surface area contributed by atoms with Gasteiger partial charge in [0.1, 0.15) is 12.0 Å². The van der Waals surface area contributed by atoms with Crippen LogP contribution in [0.25, 0.3) is 27.9 Å². The number of likely N-dealkylation sites (N-methyl/N-ethyl adjacent to an activating group) is 1. The van der Waals surface area contributed by atoms with Gasteiger partial charge in [0, 0.05) is 49.2 Å². The number of aromatic nitrogens is 5. The number of hydrogen-bond donors (Lipinski definition) is 1. The fraction of sp³-hybridized carbons (Fsp3) is 0.240. The molecule has 0 unspecified atom stereocenters. The van der Waals surface area contributed by atoms with Gasteiger partial charge in [-0.3, -0.25) is 4.79 Å². The van der Waals surface area contributed by atoms with E-state index >= 15 is 0 Å². The van der Waals surface area contributed by atoms with Crippen LogP contribution in [0.5, 0.6) is 5.88 Å². The number of hydrogen-bond acceptors (Lipinski definition) is 9. The maximum Gasteiger partial charge on any atom is 0.255 e. The second kappa shape index (κ2) is 8.93. The summed E-state index contributed by atoms with van der Waals surface area (Å²) in [6.07, 6.45) is 6.88. The topological polar surface area (TPSA) is 114 Å². The van der Waals surface area contributed by atoms with E-state index in [1.165, 1.54) is 0 Å². The lowest BCUT2D eigenvalue weighted by Crippen LogP contribution is -2.47. The molecule has 5 heterocycles. The molecule has 2 aliphatic heterocycles. The van der Waals surface area contributed by atoms with E-state index < -0.39 is 0 Å². The van der Waals surface area contributed by atoms with Gasteiger partial charge in [0.05, 0.1) is 11.3 Å². The third kappa shape index (κ3) is 3.99. The molecule has 11 nitrogen and oxygen atoms in total. The molecule has 0 spiro atoms. The van der Waals surface area contributed by atoms with E-state index in [9.17, 15) is 4.79 Å². The zero-order valence-corrected chi connectivity index (χ0v) is 19.9. The van der Waals surface area contributed by atoms with E-state index in [1.807, 2.05) is 42.2 Å². The molecule has 36 heavy (non-hydrogen) atoms. The average molecular weight is 485 g/mol. The number of dihydropyridines is 1. The zero-order chi connectivity index (χ0) is 24.6. The molecule has 1 fully saturated rings. The molecule has 0 aliphatic carbocycles. The fourth-order valence-corrected chi connectivity index (χ4v) is 4.22. The number of ether oxygens (including phenoxy) is 1. The molecule has 182 valence electrons. The molecule has 4 aromatic rings. The molecule has 3 aromatic heterocycles. The molecule has 0 radical (unpaired) electrons. The van der Waals surface area contributed by atoms with E-state index in [-0.39, 0.29) is 5.91 Å². The summed E-state index contributed by atoms with van der Waals surface area (Å²) >= 11 is 0. The minimum Gasteiger partial charge on any atom is -0.443 e. The van der Waals surface area contributed by atoms with Gasteiger partial charge in [-0.2, -0.15) is 4.52 Å². The normalized spacial score (nSPS) is 17.6. The number of fused-ring (bicyclic) bond motifs is 3. The first-order chi connectivity index (χ1) is 17.6. The van der Waals surface area contributed by atoms with Gasteiger partial charge < -0.3 is 24.4 Å². The minimum absolute atomic E-state index is 0.0214. The Morgan fingerprint density at radius 2 is 1.92 bits per heavy atom. The summed E-state index contributed by atoms with van der Waals surface area (Å²) in [5.74, 6) is 1.52. The van der Waals surface area contributed by atoms with Crippen molar-refractivity contribution >= 4 is 22.3 Å². The van der Waals surface area contributed by atoms with Crippen LogP contribution in [0.3, 0.4) is 0 Å². The average Bonchev–Trinajstić information content (AvgIpc) is 3.53. The Morgan fingerprint density at radius 1 is 1.11 bits per heavy atom. The quantitative estimate of drug-likeness (QED) is 0.436. The van der Waals surface area contributed by atoms with Gasteiger partial charge in [-0.25, -0.2) is 0 Å². The summed E-state index contributed by atoms with van der Waals surface area (Å²) in [7, 11) is 2.06. The Bertz CT molecular complexity index is 1560. The van der Waals surface area contributed by atoms with Gasteiger partial charge >= 0.3 is 0 Å². The molecule has 0 atom stereocenters. The van der Waals surface area contributed by atoms with Crippen molar-refractivity contribution in [1.82, 2.24) is 40.1 Å². The lowest BCUT2D eigenvalue weighted by Gasteiger charge is -2.32. The van der Waals surface area contributed by atoms with Crippen LogP contribution in [0.1, 0.15) is 5.76 Å². The molecule has 1 aromatic carbocycles. The number of rotatable bonds is 4. The van der Waals surface area contributed by atoms with Crippen LogP contribution in [-0.4, -0.2) is 73.9 Å². The van der Waals surface area contributed by atoms with Crippen molar-refractivity contribution in [3.05, 3.63) is 72.0 Å². The molecule has 0 bridgehead atoms. The molecule has 1 saturated heterocycles. The van der Waals surface area contributed by atoms with Crippen molar-refractivity contribution in [2.45, 2.75) is 6.92 Å². The third-order valence-electron chi connectivity index (χ3n) is 6.26. The maximum atomic E-state index is 12.8. The second-order valence-corrected chi connectivity index (χ2v) is 8.80. The Hall–Kier alpha value is -4.51. The SMILES string of the molecule is Cc1cc(-c2nnc3c4ccccc4c(OC=C4C=CC(C(=O)N5CCN(C)CC5)=CN4)nn23)no1. The summed E-state index contributed by atoms with van der Waals surface area (Å²) in [5, 5.41) is 22.1. The molecule has 1 amide bonds. The maximum absolute atomic E-state index is 12.8. The smallest absolute Gasteiger partial charge is 0.255 e. The number of carbonyl (C=O) groups excluding carboxylic acids is 1. The highest BCUT2D eigenvalue weighted by atomic mass is 16.5. The molecular formula is C25H24N8O3. The Balaban J connectivity index is 1.26. The van der Waals surface area contributed by atoms with E-state index in [2.05, 4.69) is 37.7 Å². The van der Waals surface area contributed by atoms with Crippen LogP contribution in [0.2, 0.25) is 0 Å². The highest BCUT2D eigenvalue weighted by molar-refractivity contribution is 5.97. The first-order valence-electron chi connectivity index (χ1n) is 11.6. The molecule has 1 N–H and O–H groups in total. The second-order valence-electron chi connectivity index (χ2n) is 8.80. The number of amides is 1. The molecule has 11 heteroatoms. The van der Waals surface area contributed by atoms with Gasteiger partial charge in [0.2, 0.25) is 11.7 Å². The van der Waals surface area contributed by atoms with Gasteiger partial charge in [0.15, 0.2) is 11.3 Å². The predicted octanol–water partition coefficient (Wildman–Crippen LogP) is 2.28. The van der Waals surface area contributed by atoms with Crippen LogP contribution in [0.15, 0.2) is 70.7 Å². The van der Waals surface area contributed by atoms with Crippen LogP contribution in [-0.2, 0) is 4.79 Å². The lowest BCUT2D eigenvalue weighted by atomic mass is 10.1. The highest BCUT2D eigenvalue weighted by Gasteiger charge is 2.22. The van der Waals surface area contributed by atoms with Crippen LogP contribution in [0.4, 0.5) is 0 Å². The number of benzene rings is 1. The van der Waals surface area contributed by atoms with Crippen LogP contribution >= 0.6 is 0 Å². The largest absolute Gasteiger partial charge is 0.443 e. The minimum atomic E-state index is 0.0214. The van der Waals surface area contributed by atoms with Crippen LogP contribution in [0, 0.1) is 6.92 Å². The van der Waals surface area contributed by atoms with Crippen molar-refractivity contribution in [3.63, 3.8) is 0 Å². The van der Waals surface area contributed by atoms with E-state index in [0.29, 0.717) is 40.1 Å². The predicted molar refractivity (Wildman–Crippen MR) is 132 cm³/mol. The standard InChI is InChI=1S/C25H24N8O3/c1-16-13-21(30-36-16)23-28-27-22-19-5-3-4-6-20(19)24(29-33(22)23)35-15-18-8-7-17(14-26-18)25(34)32-11-9-31(2)10-12-32/h3-8,13-15,26H,9-12H2,1-2H3. The van der Waals surface area contributed by atoms with E-state index in [1.54, 1.807) is 29.1 Å². The van der Waals surface area contributed by atoms with Crippen molar-refractivity contribution in [3.8, 4) is 17.4 Å². The summed E-state index contributed by atoms with van der Waals surface area (Å²) in [5.41, 5.74) is 2.42. The lowest BCUT2D eigenvalue weighted by molar-refractivity contribution is -0.128. The van der Waals surface area contributed by atoms with Gasteiger partial charge in [-0.15, -0.1) is 15.3 Å². The van der Waals surface area contributed by atoms with Gasteiger partial charge in [-0.05, 0) is 32.2 Å². The Labute approximate surface area is 206 Å². The monoisotopic (exact) mass is 484 g/mol. The van der Waals surface area contributed by atoms with Crippen molar-refractivity contribution < 1.29 is 14.1 Å². The first kappa shape index (κ1) is 22.0. The first-order valence-corrected chi connectivity index (χ1v) is 11.6.